The number of aromatic nitrogens is 1. The van der Waals surface area contributed by atoms with E-state index in [0.717, 1.165) is 15.9 Å². The molecule has 3 aromatic rings. The molecule has 11 N–H and O–H groups in total. The van der Waals surface area contributed by atoms with E-state index in [1.807, 2.05) is 56.5 Å². The van der Waals surface area contributed by atoms with E-state index in [4.69, 9.17) is 19.9 Å². The van der Waals surface area contributed by atoms with Crippen LogP contribution in [0.15, 0.2) is 90.3 Å². The van der Waals surface area contributed by atoms with Crippen molar-refractivity contribution >= 4 is 88.2 Å². The number of methoxy groups -OCH3 is 2. The summed E-state index contributed by atoms with van der Waals surface area (Å²) < 4.78 is 17.7. The van der Waals surface area contributed by atoms with Crippen molar-refractivity contribution in [2.75, 3.05) is 46.2 Å². The van der Waals surface area contributed by atoms with Gasteiger partial charge in [-0.25, -0.2) is 29.5 Å². The number of imide groups is 1. The first-order chi connectivity index (χ1) is 48.4. The third kappa shape index (κ3) is 25.7. The molecule has 0 saturated carbocycles. The maximum Gasteiger partial charge on any atom is 0.408 e. The number of carbonyl (C=O) groups excluding carboxylic acids is 12. The highest BCUT2D eigenvalue weighted by Gasteiger charge is 2.44. The Labute approximate surface area is 601 Å². The Morgan fingerprint density at radius 3 is 2.06 bits per heavy atom. The minimum Gasteiger partial charge on any atom is -0.860 e. The Morgan fingerprint density at radius 1 is 0.814 bits per heavy atom. The van der Waals surface area contributed by atoms with Crippen molar-refractivity contribution in [1.29, 1.82) is 0 Å². The maximum atomic E-state index is 14.7. The first-order valence-electron chi connectivity index (χ1n) is 34.8. The number of likely N-dealkylation sites (N-methyl/N-ethyl adjacent to an activating group) is 1. The minimum atomic E-state index is -1.59. The molecule has 3 aliphatic heterocycles. The number of unbranched alkanes of at least 4 members (excludes halogenated alkanes) is 2. The van der Waals surface area contributed by atoms with Gasteiger partial charge < -0.3 is 77.0 Å². The van der Waals surface area contributed by atoms with E-state index in [1.165, 1.54) is 55.4 Å². The Balaban J connectivity index is 0.00000251. The third-order valence-corrected chi connectivity index (χ3v) is 19.2. The molecule has 1 aromatic heterocycles. The fourth-order valence-electron chi connectivity index (χ4n) is 12.2. The molecular formula is C72H105N13O16S. The molecule has 10 atom stereocenters. The van der Waals surface area contributed by atoms with Gasteiger partial charge in [-0.2, -0.15) is 0 Å². The Kier molecular flexibility index (Phi) is 33.7. The second-order valence-electron chi connectivity index (χ2n) is 27.1. The van der Waals surface area contributed by atoms with Gasteiger partial charge in [-0.1, -0.05) is 110 Å². The molecule has 0 aliphatic carbocycles. The lowest BCUT2D eigenvalue weighted by atomic mass is 9.89. The van der Waals surface area contributed by atoms with Gasteiger partial charge in [0.15, 0.2) is 0 Å². The lowest BCUT2D eigenvalue weighted by Gasteiger charge is -2.41. The molecular weight excluding hydrogens is 1330 g/mol. The van der Waals surface area contributed by atoms with Crippen LogP contribution in [0.3, 0.4) is 0 Å². The molecule has 4 heterocycles. The van der Waals surface area contributed by atoms with E-state index < -0.39 is 95.5 Å². The number of amides is 13. The Bertz CT molecular complexity index is 3370. The topological polar surface area (TPSA) is 405 Å². The number of alkyl carbamates (subject to hydrolysis) is 1. The summed E-state index contributed by atoms with van der Waals surface area (Å²) in [6, 6.07) is 10.9. The van der Waals surface area contributed by atoms with E-state index in [9.17, 15) is 62.6 Å². The van der Waals surface area contributed by atoms with Crippen LogP contribution in [0.5, 0.6) is 0 Å². The van der Waals surface area contributed by atoms with E-state index in [2.05, 4.69) is 42.2 Å². The summed E-state index contributed by atoms with van der Waals surface area (Å²) in [5.41, 5.74) is 5.54. The molecule has 560 valence electrons. The molecule has 3 aliphatic rings. The van der Waals surface area contributed by atoms with Crippen LogP contribution in [-0.2, 0) is 75.2 Å². The molecule has 30 heteroatoms. The van der Waals surface area contributed by atoms with Gasteiger partial charge >= 0.3 is 23.9 Å². The highest BCUT2D eigenvalue weighted by molar-refractivity contribution is 7.09. The van der Waals surface area contributed by atoms with E-state index in [-0.39, 0.29) is 111 Å². The third-order valence-electron chi connectivity index (χ3n) is 18.3. The zero-order valence-corrected chi connectivity index (χ0v) is 61.5. The maximum absolute atomic E-state index is 14.7. The summed E-state index contributed by atoms with van der Waals surface area (Å²) in [5.74, 6) is -5.68. The number of nitrogens with one attached hydrogen (secondary N) is 7. The van der Waals surface area contributed by atoms with Crippen LogP contribution in [0.4, 0.5) is 15.3 Å². The standard InChI is InChI=1S/C68H102N12O14S.C4H3NO2/c1-13-43(6)58(51(92-11)39-55(84)79-36-21-25-50(79)59(93-12)44(7)60(85)74-49(63-70-34-37-95-63)38-45-22-16-14-17-23-45)78(10)64(88)57(42(4)5)76-65(89)68(8,9)77-67(91)94-40-46-27-29-47(30-28-46)72-61(86)48(24-20-33-71-66(69)90)73-62(87)56(41(2)3)75-52(81)26-18-15-19-35-80-53(82)31-32-54(80)83;6-3-1-2-4(7)5-3/h14,16-17,22-23,27-31,34,37,41-44,48-51,56-59,82H,13,15,18-21,24-26,32-33,35-36,38-40H2,1-12H3,(H,72,86)(H,73,87)(H,74,85)(H,75,81)(H,76,89)(H,77,91)(H3,69,71,90);1-2H,(H,5,6,7)/t43-,44+,48-,49-,50-,51+,56-,57-,58-,59+;/m0./s1. The SMILES string of the molecule is CC[C@H](C)[C@@H]([C@@H](CC(=O)N1CCC[C@H]1[C@H](OC)[C@@H](C)C(=O)N[C@@H](Cc1ccccc1)c1nccs1)OC)N(C)C(=O)[C@@H](NC(=O)C(C)(C)NC(=O)OCc1ccc(NC(=O)[C@H](CCCNC(N)=O)NC(=O)[C@@H](NC(=O)CCCCCN2C(=O)CC=C2[O-])C(C)C)cc1)C(C)C.O=C1C=CC(=O)[NH2+]1. The number of anilines is 1. The van der Waals surface area contributed by atoms with Crippen molar-refractivity contribution < 1.29 is 82.2 Å². The van der Waals surface area contributed by atoms with Gasteiger partial charge in [0.05, 0.1) is 54.8 Å². The van der Waals surface area contributed by atoms with Gasteiger partial charge in [-0.05, 0) is 106 Å². The number of rotatable bonds is 38. The van der Waals surface area contributed by atoms with Gasteiger partial charge in [-0.3, -0.25) is 38.4 Å². The quantitative estimate of drug-likeness (QED) is 0.0293. The van der Waals surface area contributed by atoms with Crippen molar-refractivity contribution in [2.24, 2.45) is 29.4 Å². The zero-order chi connectivity index (χ0) is 75.4. The number of hydrogen-bond donors (Lipinski definition) is 9. The van der Waals surface area contributed by atoms with Crippen LogP contribution < -0.4 is 53.4 Å². The summed E-state index contributed by atoms with van der Waals surface area (Å²) in [4.78, 5) is 164. The highest BCUT2D eigenvalue weighted by atomic mass is 32.1. The summed E-state index contributed by atoms with van der Waals surface area (Å²) in [7, 11) is 4.69. The van der Waals surface area contributed by atoms with Gasteiger partial charge in [0, 0.05) is 71.0 Å². The fraction of sp³-hybridized carbons (Fsp3) is 0.569. The average molecular weight is 1440 g/mol. The van der Waals surface area contributed by atoms with E-state index in [0.29, 0.717) is 62.7 Å². The molecule has 1 fully saturated rings. The number of nitrogens with two attached hydrogens (primary N) is 2. The number of benzene rings is 2. The number of urea groups is 1. The van der Waals surface area contributed by atoms with Gasteiger partial charge in [0.2, 0.25) is 47.3 Å². The Hall–Kier alpha value is -9.13. The molecule has 0 radical (unpaired) electrons. The molecule has 13 amide bonds. The van der Waals surface area contributed by atoms with Crippen LogP contribution >= 0.6 is 11.3 Å². The lowest BCUT2D eigenvalue weighted by Crippen LogP contribution is -2.88. The van der Waals surface area contributed by atoms with Crippen molar-refractivity contribution in [2.45, 2.75) is 200 Å². The van der Waals surface area contributed by atoms with Crippen LogP contribution in [0.1, 0.15) is 155 Å². The normalized spacial score (nSPS) is 17.0. The number of hydrogen-bond acceptors (Lipinski definition) is 18. The zero-order valence-electron chi connectivity index (χ0n) is 60.7. The monoisotopic (exact) mass is 1440 g/mol. The second kappa shape index (κ2) is 41.1. The molecule has 102 heavy (non-hydrogen) atoms. The van der Waals surface area contributed by atoms with Crippen LogP contribution in [0, 0.1) is 23.7 Å². The highest BCUT2D eigenvalue weighted by Crippen LogP contribution is 2.31. The van der Waals surface area contributed by atoms with Gasteiger partial charge in [0.1, 0.15) is 35.3 Å². The number of carbonyl (C=O) groups is 12. The smallest absolute Gasteiger partial charge is 0.408 e. The second-order valence-corrected chi connectivity index (χ2v) is 28.0. The van der Waals surface area contributed by atoms with Crippen molar-refractivity contribution in [3.05, 3.63) is 106 Å². The number of quaternary nitrogens is 1. The predicted molar refractivity (Wildman–Crippen MR) is 378 cm³/mol. The molecule has 0 bridgehead atoms. The van der Waals surface area contributed by atoms with Crippen molar-refractivity contribution in [1.82, 2.24) is 51.6 Å². The lowest BCUT2D eigenvalue weighted by molar-refractivity contribution is -0.473. The van der Waals surface area contributed by atoms with Gasteiger partial charge in [-0.15, -0.1) is 11.3 Å². The van der Waals surface area contributed by atoms with E-state index >= 15 is 0 Å². The van der Waals surface area contributed by atoms with Crippen LogP contribution in [-0.4, -0.2) is 180 Å². The van der Waals surface area contributed by atoms with Crippen LogP contribution in [0.2, 0.25) is 0 Å². The summed E-state index contributed by atoms with van der Waals surface area (Å²) in [5, 5.41) is 35.0. The van der Waals surface area contributed by atoms with Crippen molar-refractivity contribution in [3.63, 3.8) is 0 Å². The Morgan fingerprint density at radius 2 is 1.49 bits per heavy atom. The number of likely N-dealkylation sites (tertiary alicyclic amines) is 1. The summed E-state index contributed by atoms with van der Waals surface area (Å²) >= 11 is 1.47. The first kappa shape index (κ1) is 83.5. The summed E-state index contributed by atoms with van der Waals surface area (Å²) in [6.45, 7) is 16.4. The number of thiazole rings is 1. The number of primary amides is 3. The van der Waals surface area contributed by atoms with Crippen LogP contribution in [0.25, 0.3) is 0 Å². The number of ether oxygens (including phenoxy) is 3. The predicted octanol–water partition coefficient (Wildman–Crippen LogP) is 3.49. The average Bonchev–Trinajstić information content (AvgIpc) is 1.18. The molecule has 0 spiro atoms. The van der Waals surface area contributed by atoms with E-state index in [1.54, 1.807) is 82.1 Å². The largest absolute Gasteiger partial charge is 0.860 e. The molecule has 2 aromatic carbocycles. The molecule has 29 nitrogen and oxygen atoms in total. The first-order valence-corrected chi connectivity index (χ1v) is 35.7. The van der Waals surface area contributed by atoms with Crippen molar-refractivity contribution in [3.8, 4) is 0 Å². The molecule has 0 unspecified atom stereocenters. The minimum absolute atomic E-state index is 0.0784. The summed E-state index contributed by atoms with van der Waals surface area (Å²) in [6.07, 6.45) is 7.70. The molecule has 6 rings (SSSR count). The fourth-order valence-corrected chi connectivity index (χ4v) is 12.9. The number of nitrogens with zero attached hydrogens (tertiary/aromatic N) is 4. The molecule has 1 saturated heterocycles. The van der Waals surface area contributed by atoms with Gasteiger partial charge in [0.25, 0.3) is 0 Å².